The first-order chi connectivity index (χ1) is 8.79. The number of aromatic nitrogens is 1. The minimum atomic E-state index is -3.50. The molecule has 0 aliphatic carbocycles. The highest BCUT2D eigenvalue weighted by atomic mass is 32.2. The van der Waals surface area contributed by atoms with Gasteiger partial charge in [0.25, 0.3) is 10.2 Å². The highest BCUT2D eigenvalue weighted by Crippen LogP contribution is 2.23. The van der Waals surface area contributed by atoms with E-state index in [2.05, 4.69) is 15.0 Å². The molecule has 1 aromatic heterocycles. The molecular formula is C11H22N4O2S2. The van der Waals surface area contributed by atoms with Crippen LogP contribution in [0.3, 0.4) is 0 Å². The van der Waals surface area contributed by atoms with Crippen LogP contribution in [0.5, 0.6) is 0 Å². The molecule has 0 fully saturated rings. The Bertz CT molecular complexity index is 471. The van der Waals surface area contributed by atoms with Crippen LogP contribution in [0, 0.1) is 0 Å². The second-order valence-electron chi connectivity index (χ2n) is 4.85. The maximum Gasteiger partial charge on any atom is 0.280 e. The van der Waals surface area contributed by atoms with E-state index >= 15 is 0 Å². The summed E-state index contributed by atoms with van der Waals surface area (Å²) in [6.45, 7) is 4.88. The summed E-state index contributed by atoms with van der Waals surface area (Å²) >= 11 is 1.44. The van der Waals surface area contributed by atoms with Crippen molar-refractivity contribution < 1.29 is 8.42 Å². The van der Waals surface area contributed by atoms with Gasteiger partial charge in [-0.3, -0.25) is 0 Å². The molecule has 0 radical (unpaired) electrons. The monoisotopic (exact) mass is 306 g/mol. The molecule has 8 heteroatoms. The van der Waals surface area contributed by atoms with E-state index in [-0.39, 0.29) is 0 Å². The van der Waals surface area contributed by atoms with Crippen molar-refractivity contribution in [2.75, 3.05) is 27.2 Å². The van der Waals surface area contributed by atoms with Crippen LogP contribution < -0.4 is 10.0 Å². The standard InChI is InChI=1S/C11H22N4O2S2/c1-11(2,10-13-7-9-18-10)14-19(16,17)15(4)8-5-6-12-3/h7,9,12,14H,5-6,8H2,1-4H3. The zero-order valence-electron chi connectivity index (χ0n) is 11.8. The van der Waals surface area contributed by atoms with E-state index in [1.807, 2.05) is 26.3 Å². The Morgan fingerprint density at radius 1 is 1.47 bits per heavy atom. The van der Waals surface area contributed by atoms with Crippen LogP contribution in [0.2, 0.25) is 0 Å². The summed E-state index contributed by atoms with van der Waals surface area (Å²) < 4.78 is 28.4. The number of nitrogens with zero attached hydrogens (tertiary/aromatic N) is 2. The normalized spacial score (nSPS) is 13.1. The summed E-state index contributed by atoms with van der Waals surface area (Å²) in [5.41, 5.74) is -0.704. The molecule has 0 aliphatic heterocycles. The van der Waals surface area contributed by atoms with E-state index in [0.717, 1.165) is 18.0 Å². The fraction of sp³-hybridized carbons (Fsp3) is 0.727. The molecule has 2 N–H and O–H groups in total. The Morgan fingerprint density at radius 2 is 2.16 bits per heavy atom. The topological polar surface area (TPSA) is 74.3 Å². The van der Waals surface area contributed by atoms with Crippen LogP contribution >= 0.6 is 11.3 Å². The van der Waals surface area contributed by atoms with Gasteiger partial charge >= 0.3 is 0 Å². The molecule has 0 amide bonds. The van der Waals surface area contributed by atoms with E-state index in [1.165, 1.54) is 15.6 Å². The van der Waals surface area contributed by atoms with Crippen molar-refractivity contribution in [3.63, 3.8) is 0 Å². The molecule has 0 aliphatic rings. The lowest BCUT2D eigenvalue weighted by atomic mass is 10.1. The zero-order chi connectivity index (χ0) is 14.5. The lowest BCUT2D eigenvalue weighted by Crippen LogP contribution is -2.47. The molecule has 1 rings (SSSR count). The molecule has 1 heterocycles. The molecular weight excluding hydrogens is 284 g/mol. The van der Waals surface area contributed by atoms with Gasteiger partial charge in [-0.25, -0.2) is 4.98 Å². The largest absolute Gasteiger partial charge is 0.320 e. The predicted molar refractivity (Wildman–Crippen MR) is 78.4 cm³/mol. The van der Waals surface area contributed by atoms with Crippen LogP contribution in [-0.2, 0) is 15.7 Å². The Labute approximate surface area is 119 Å². The van der Waals surface area contributed by atoms with Crippen molar-refractivity contribution >= 4 is 21.5 Å². The highest BCUT2D eigenvalue weighted by Gasteiger charge is 2.31. The van der Waals surface area contributed by atoms with Crippen LogP contribution in [0.4, 0.5) is 0 Å². The average Bonchev–Trinajstić information content (AvgIpc) is 2.81. The quantitative estimate of drug-likeness (QED) is 0.695. The molecule has 0 spiro atoms. The van der Waals surface area contributed by atoms with Crippen LogP contribution in [0.15, 0.2) is 11.6 Å². The fourth-order valence-corrected chi connectivity index (χ4v) is 3.62. The van der Waals surface area contributed by atoms with Crippen LogP contribution in [0.1, 0.15) is 25.3 Å². The van der Waals surface area contributed by atoms with Gasteiger partial charge in [-0.1, -0.05) is 0 Å². The molecule has 6 nitrogen and oxygen atoms in total. The molecule has 0 aromatic carbocycles. The average molecular weight is 306 g/mol. The molecule has 19 heavy (non-hydrogen) atoms. The number of hydrogen-bond acceptors (Lipinski definition) is 5. The van der Waals surface area contributed by atoms with Gasteiger partial charge in [-0.2, -0.15) is 17.4 Å². The van der Waals surface area contributed by atoms with Gasteiger partial charge in [-0.05, 0) is 33.9 Å². The van der Waals surface area contributed by atoms with Gasteiger partial charge in [0, 0.05) is 25.2 Å². The third kappa shape index (κ3) is 4.81. The van der Waals surface area contributed by atoms with Gasteiger partial charge in [0.1, 0.15) is 5.01 Å². The third-order valence-corrected chi connectivity index (χ3v) is 5.53. The molecule has 0 bridgehead atoms. The Morgan fingerprint density at radius 3 is 2.68 bits per heavy atom. The summed E-state index contributed by atoms with van der Waals surface area (Å²) in [6.07, 6.45) is 2.44. The Hall–Kier alpha value is -0.540. The lowest BCUT2D eigenvalue weighted by molar-refractivity contribution is 0.409. The molecule has 1 aromatic rings. The smallest absolute Gasteiger partial charge is 0.280 e. The summed E-state index contributed by atoms with van der Waals surface area (Å²) in [5, 5.41) is 5.58. The third-order valence-electron chi connectivity index (χ3n) is 2.66. The Kier molecular flexibility index (Phi) is 5.87. The lowest BCUT2D eigenvalue weighted by Gasteiger charge is -2.27. The second-order valence-corrected chi connectivity index (χ2v) is 7.52. The van der Waals surface area contributed by atoms with E-state index < -0.39 is 15.7 Å². The number of hydrogen-bond donors (Lipinski definition) is 2. The van der Waals surface area contributed by atoms with E-state index in [4.69, 9.17) is 0 Å². The summed E-state index contributed by atoms with van der Waals surface area (Å²) in [5.74, 6) is 0. The summed E-state index contributed by atoms with van der Waals surface area (Å²) in [7, 11) is -0.0774. The molecule has 110 valence electrons. The van der Waals surface area contributed by atoms with Gasteiger partial charge in [0.05, 0.1) is 5.54 Å². The maximum absolute atomic E-state index is 12.2. The first kappa shape index (κ1) is 16.5. The minimum absolute atomic E-state index is 0.476. The predicted octanol–water partition coefficient (Wildman–Crippen LogP) is 0.754. The van der Waals surface area contributed by atoms with Gasteiger partial charge < -0.3 is 5.32 Å². The van der Waals surface area contributed by atoms with Crippen molar-refractivity contribution in [3.8, 4) is 0 Å². The summed E-state index contributed by atoms with van der Waals surface area (Å²) in [4.78, 5) is 4.17. The second kappa shape index (κ2) is 6.76. The van der Waals surface area contributed by atoms with Crippen molar-refractivity contribution in [1.29, 1.82) is 0 Å². The first-order valence-corrected chi connectivity index (χ1v) is 8.41. The van der Waals surface area contributed by atoms with Crippen molar-refractivity contribution in [2.24, 2.45) is 0 Å². The van der Waals surface area contributed by atoms with Gasteiger partial charge in [-0.15, -0.1) is 11.3 Å². The van der Waals surface area contributed by atoms with Crippen LogP contribution in [0.25, 0.3) is 0 Å². The van der Waals surface area contributed by atoms with E-state index in [1.54, 1.807) is 13.2 Å². The maximum atomic E-state index is 12.2. The molecule has 0 atom stereocenters. The number of rotatable bonds is 8. The van der Waals surface area contributed by atoms with Crippen molar-refractivity contribution in [2.45, 2.75) is 25.8 Å². The van der Waals surface area contributed by atoms with Gasteiger partial charge in [0.15, 0.2) is 0 Å². The van der Waals surface area contributed by atoms with Crippen LogP contribution in [-0.4, -0.2) is 44.9 Å². The van der Waals surface area contributed by atoms with E-state index in [0.29, 0.717) is 6.54 Å². The molecule has 0 unspecified atom stereocenters. The van der Waals surface area contributed by atoms with Crippen molar-refractivity contribution in [3.05, 3.63) is 16.6 Å². The number of thiazole rings is 1. The molecule has 0 saturated heterocycles. The summed E-state index contributed by atoms with van der Waals surface area (Å²) in [6, 6.07) is 0. The fourth-order valence-electron chi connectivity index (χ4n) is 1.57. The molecule has 0 saturated carbocycles. The number of nitrogens with one attached hydrogen (secondary N) is 2. The van der Waals surface area contributed by atoms with Crippen molar-refractivity contribution in [1.82, 2.24) is 19.3 Å². The first-order valence-electron chi connectivity index (χ1n) is 6.09. The van der Waals surface area contributed by atoms with E-state index in [9.17, 15) is 8.42 Å². The minimum Gasteiger partial charge on any atom is -0.320 e. The highest BCUT2D eigenvalue weighted by molar-refractivity contribution is 7.87. The van der Waals surface area contributed by atoms with Gasteiger partial charge in [0.2, 0.25) is 0 Å². The Balaban J connectivity index is 2.68. The zero-order valence-corrected chi connectivity index (χ0v) is 13.4. The SMILES string of the molecule is CNCCCN(C)S(=O)(=O)NC(C)(C)c1nccs1.